The quantitative estimate of drug-likeness (QED) is 0.568. The first-order chi connectivity index (χ1) is 13.3. The van der Waals surface area contributed by atoms with Gasteiger partial charge in [0.2, 0.25) is 21.8 Å². The Morgan fingerprint density at radius 1 is 1.18 bits per heavy atom. The highest BCUT2D eigenvalue weighted by atomic mass is 35.5. The fourth-order valence-corrected chi connectivity index (χ4v) is 4.83. The molecule has 1 saturated heterocycles. The van der Waals surface area contributed by atoms with Crippen LogP contribution >= 0.6 is 11.6 Å². The SMILES string of the molecule is COCCN(CC(N)=O)CC(=O)N1CCN(S(=O)(=O)c2ccccc2Cl)CC1. The molecule has 1 fully saturated rings. The van der Waals surface area contributed by atoms with Gasteiger partial charge in [0.25, 0.3) is 0 Å². The van der Waals surface area contributed by atoms with Gasteiger partial charge >= 0.3 is 0 Å². The van der Waals surface area contributed by atoms with Gasteiger partial charge < -0.3 is 15.4 Å². The largest absolute Gasteiger partial charge is 0.383 e. The van der Waals surface area contributed by atoms with E-state index in [4.69, 9.17) is 22.1 Å². The van der Waals surface area contributed by atoms with Crippen molar-refractivity contribution in [1.82, 2.24) is 14.1 Å². The zero-order valence-corrected chi connectivity index (χ0v) is 17.3. The lowest BCUT2D eigenvalue weighted by Crippen LogP contribution is -2.53. The molecule has 2 amide bonds. The molecule has 0 aliphatic carbocycles. The molecule has 0 bridgehead atoms. The van der Waals surface area contributed by atoms with Crippen LogP contribution in [0, 0.1) is 0 Å². The summed E-state index contributed by atoms with van der Waals surface area (Å²) >= 11 is 6.02. The van der Waals surface area contributed by atoms with Crippen molar-refractivity contribution in [2.24, 2.45) is 5.73 Å². The van der Waals surface area contributed by atoms with Crippen molar-refractivity contribution >= 4 is 33.4 Å². The fourth-order valence-electron chi connectivity index (χ4n) is 2.92. The monoisotopic (exact) mass is 432 g/mol. The predicted octanol–water partition coefficient (Wildman–Crippen LogP) is -0.393. The number of carbonyl (C=O) groups excluding carboxylic acids is 2. The van der Waals surface area contributed by atoms with E-state index in [1.54, 1.807) is 21.9 Å². The summed E-state index contributed by atoms with van der Waals surface area (Å²) in [5, 5.41) is 0.168. The van der Waals surface area contributed by atoms with E-state index < -0.39 is 15.9 Å². The third-order valence-corrected chi connectivity index (χ3v) is 6.79. The van der Waals surface area contributed by atoms with Crippen LogP contribution in [0.4, 0.5) is 0 Å². The molecule has 11 heteroatoms. The van der Waals surface area contributed by atoms with Crippen LogP contribution in [0.5, 0.6) is 0 Å². The van der Waals surface area contributed by atoms with E-state index in [9.17, 15) is 18.0 Å². The molecule has 2 N–H and O–H groups in total. The van der Waals surface area contributed by atoms with Gasteiger partial charge in [-0.15, -0.1) is 0 Å². The Morgan fingerprint density at radius 3 is 2.39 bits per heavy atom. The molecule has 1 aromatic rings. The van der Waals surface area contributed by atoms with Gasteiger partial charge in [0, 0.05) is 39.8 Å². The van der Waals surface area contributed by atoms with Gasteiger partial charge in [-0.05, 0) is 12.1 Å². The number of hydrogen-bond acceptors (Lipinski definition) is 6. The van der Waals surface area contributed by atoms with E-state index in [-0.39, 0.29) is 55.1 Å². The van der Waals surface area contributed by atoms with Gasteiger partial charge in [-0.3, -0.25) is 14.5 Å². The van der Waals surface area contributed by atoms with Crippen molar-refractivity contribution in [2.75, 3.05) is 59.5 Å². The van der Waals surface area contributed by atoms with Gasteiger partial charge in [-0.2, -0.15) is 4.31 Å². The van der Waals surface area contributed by atoms with Crippen LogP contribution in [-0.2, 0) is 24.3 Å². The molecule has 0 saturated carbocycles. The van der Waals surface area contributed by atoms with Crippen molar-refractivity contribution in [3.8, 4) is 0 Å². The maximum atomic E-state index is 12.8. The molecule has 1 aliphatic heterocycles. The van der Waals surface area contributed by atoms with Crippen LogP contribution in [0.15, 0.2) is 29.2 Å². The summed E-state index contributed by atoms with van der Waals surface area (Å²) in [5.74, 6) is -0.716. The molecule has 0 aromatic heterocycles. The number of ether oxygens (including phenoxy) is 1. The lowest BCUT2D eigenvalue weighted by Gasteiger charge is -2.35. The highest BCUT2D eigenvalue weighted by molar-refractivity contribution is 7.89. The highest BCUT2D eigenvalue weighted by Gasteiger charge is 2.31. The molecule has 9 nitrogen and oxygen atoms in total. The van der Waals surface area contributed by atoms with Crippen molar-refractivity contribution in [1.29, 1.82) is 0 Å². The van der Waals surface area contributed by atoms with Crippen LogP contribution in [0.3, 0.4) is 0 Å². The normalized spacial score (nSPS) is 15.8. The number of primary amides is 1. The summed E-state index contributed by atoms with van der Waals surface area (Å²) in [6.07, 6.45) is 0. The lowest BCUT2D eigenvalue weighted by atomic mass is 10.3. The third-order valence-electron chi connectivity index (χ3n) is 4.40. The summed E-state index contributed by atoms with van der Waals surface area (Å²) in [6.45, 7) is 1.60. The second kappa shape index (κ2) is 10.2. The maximum absolute atomic E-state index is 12.8. The van der Waals surface area contributed by atoms with Crippen LogP contribution in [0.25, 0.3) is 0 Å². The molecule has 0 unspecified atom stereocenters. The third kappa shape index (κ3) is 5.89. The molecule has 0 radical (unpaired) electrons. The summed E-state index contributed by atoms with van der Waals surface area (Å²) in [7, 11) is -2.19. The van der Waals surface area contributed by atoms with E-state index in [1.807, 2.05) is 0 Å². The first kappa shape index (κ1) is 22.6. The molecule has 28 heavy (non-hydrogen) atoms. The van der Waals surface area contributed by atoms with Crippen LogP contribution < -0.4 is 5.73 Å². The number of sulfonamides is 1. The Labute approximate surface area is 170 Å². The number of rotatable bonds is 9. The van der Waals surface area contributed by atoms with Crippen molar-refractivity contribution in [3.63, 3.8) is 0 Å². The highest BCUT2D eigenvalue weighted by Crippen LogP contribution is 2.25. The molecule has 2 rings (SSSR count). The molecular formula is C17H25ClN4O5S. The van der Waals surface area contributed by atoms with Gasteiger partial charge in [-0.1, -0.05) is 23.7 Å². The number of piperazine rings is 1. The lowest BCUT2D eigenvalue weighted by molar-refractivity contribution is -0.134. The number of hydrogen-bond donors (Lipinski definition) is 1. The van der Waals surface area contributed by atoms with Gasteiger partial charge in [-0.25, -0.2) is 8.42 Å². The van der Waals surface area contributed by atoms with E-state index in [0.29, 0.717) is 13.2 Å². The standard InChI is InChI=1S/C17H25ClN4O5S/c1-27-11-10-20(12-16(19)23)13-17(24)21-6-8-22(9-7-21)28(25,26)15-5-3-2-4-14(15)18/h2-5H,6-13H2,1H3,(H2,19,23). The van der Waals surface area contributed by atoms with Crippen LogP contribution in [0.2, 0.25) is 5.02 Å². The number of nitrogens with zero attached hydrogens (tertiary/aromatic N) is 3. The second-order valence-corrected chi connectivity index (χ2v) is 8.70. The molecule has 0 spiro atoms. The second-order valence-electron chi connectivity index (χ2n) is 6.39. The minimum absolute atomic E-state index is 0.0174. The molecule has 1 aliphatic rings. The average Bonchev–Trinajstić information content (AvgIpc) is 2.66. The van der Waals surface area contributed by atoms with Gasteiger partial charge in [0.15, 0.2) is 0 Å². The van der Waals surface area contributed by atoms with Crippen LogP contribution in [-0.4, -0.2) is 93.9 Å². The number of methoxy groups -OCH3 is 1. The Morgan fingerprint density at radius 2 is 1.82 bits per heavy atom. The molecule has 1 heterocycles. The topological polar surface area (TPSA) is 113 Å². The Kier molecular flexibility index (Phi) is 8.20. The number of halogens is 1. The first-order valence-corrected chi connectivity index (χ1v) is 10.6. The van der Waals surface area contributed by atoms with E-state index in [1.165, 1.54) is 23.5 Å². The van der Waals surface area contributed by atoms with E-state index >= 15 is 0 Å². The molecular weight excluding hydrogens is 408 g/mol. The predicted molar refractivity (Wildman–Crippen MR) is 104 cm³/mol. The zero-order chi connectivity index (χ0) is 20.7. The van der Waals surface area contributed by atoms with Crippen LogP contribution in [0.1, 0.15) is 0 Å². The average molecular weight is 433 g/mol. The number of nitrogens with two attached hydrogens (primary N) is 1. The molecule has 1 aromatic carbocycles. The molecule has 156 valence electrons. The first-order valence-electron chi connectivity index (χ1n) is 8.77. The number of carbonyl (C=O) groups is 2. The van der Waals surface area contributed by atoms with Crippen molar-refractivity contribution < 1.29 is 22.7 Å². The summed E-state index contributed by atoms with van der Waals surface area (Å²) in [5.41, 5.74) is 5.22. The Bertz CT molecular complexity index is 796. The minimum atomic E-state index is -3.72. The van der Waals surface area contributed by atoms with E-state index in [0.717, 1.165) is 0 Å². The minimum Gasteiger partial charge on any atom is -0.383 e. The summed E-state index contributed by atoms with van der Waals surface area (Å²) < 4.78 is 31.8. The van der Waals surface area contributed by atoms with Crippen molar-refractivity contribution in [2.45, 2.75) is 4.90 Å². The van der Waals surface area contributed by atoms with Gasteiger partial charge in [0.1, 0.15) is 4.90 Å². The smallest absolute Gasteiger partial charge is 0.244 e. The maximum Gasteiger partial charge on any atom is 0.244 e. The molecule has 0 atom stereocenters. The van der Waals surface area contributed by atoms with Crippen molar-refractivity contribution in [3.05, 3.63) is 29.3 Å². The fraction of sp³-hybridized carbons (Fsp3) is 0.529. The van der Waals surface area contributed by atoms with Gasteiger partial charge in [0.05, 0.1) is 24.7 Å². The number of benzene rings is 1. The summed E-state index contributed by atoms with van der Waals surface area (Å²) in [4.78, 5) is 27.0. The Hall–Kier alpha value is -1.72. The van der Waals surface area contributed by atoms with E-state index in [2.05, 4.69) is 0 Å². The Balaban J connectivity index is 1.96. The number of amides is 2. The summed E-state index contributed by atoms with van der Waals surface area (Å²) in [6, 6.07) is 6.28. The zero-order valence-electron chi connectivity index (χ0n) is 15.7.